The standard InChI is InChI=1S/C15H24N2O/c1-10(2)14-6-12(9-18)7-15(16-14)17(4)8-13-5-11(13)3/h6-7,10-11,13,18H,5,8-9H2,1-4H3. The van der Waals surface area contributed by atoms with E-state index in [9.17, 15) is 5.11 Å². The monoisotopic (exact) mass is 248 g/mol. The minimum atomic E-state index is 0.0862. The SMILES string of the molecule is CC(C)c1cc(CO)cc(N(C)CC2CC2C)n1. The average Bonchev–Trinajstić information content (AvgIpc) is 3.04. The molecule has 1 N–H and O–H groups in total. The molecule has 0 aliphatic heterocycles. The first kappa shape index (κ1) is 13.3. The van der Waals surface area contributed by atoms with Crippen LogP contribution in [0.4, 0.5) is 5.82 Å². The first-order valence-electron chi connectivity index (χ1n) is 6.84. The van der Waals surface area contributed by atoms with Crippen molar-refractivity contribution >= 4 is 5.82 Å². The number of anilines is 1. The lowest BCUT2D eigenvalue weighted by atomic mass is 10.1. The molecule has 1 fully saturated rings. The molecule has 100 valence electrons. The summed E-state index contributed by atoms with van der Waals surface area (Å²) >= 11 is 0. The van der Waals surface area contributed by atoms with Crippen LogP contribution in [0.25, 0.3) is 0 Å². The summed E-state index contributed by atoms with van der Waals surface area (Å²) in [4.78, 5) is 6.92. The van der Waals surface area contributed by atoms with Gasteiger partial charge in [-0.1, -0.05) is 20.8 Å². The van der Waals surface area contributed by atoms with Gasteiger partial charge in [-0.2, -0.15) is 0 Å². The minimum Gasteiger partial charge on any atom is -0.392 e. The second-order valence-corrected chi connectivity index (χ2v) is 5.92. The van der Waals surface area contributed by atoms with Crippen LogP contribution < -0.4 is 4.90 Å². The number of hydrogen-bond acceptors (Lipinski definition) is 3. The second-order valence-electron chi connectivity index (χ2n) is 5.92. The Morgan fingerprint density at radius 2 is 2.11 bits per heavy atom. The van der Waals surface area contributed by atoms with Gasteiger partial charge in [0.25, 0.3) is 0 Å². The van der Waals surface area contributed by atoms with Crippen molar-refractivity contribution in [2.75, 3.05) is 18.5 Å². The molecule has 0 radical (unpaired) electrons. The molecule has 1 aliphatic carbocycles. The largest absolute Gasteiger partial charge is 0.392 e. The molecule has 0 amide bonds. The minimum absolute atomic E-state index is 0.0862. The molecule has 1 aromatic heterocycles. The van der Waals surface area contributed by atoms with Crippen LogP contribution in [0.1, 0.15) is 44.4 Å². The van der Waals surface area contributed by atoms with Gasteiger partial charge in [-0.25, -0.2) is 4.98 Å². The highest BCUT2D eigenvalue weighted by Crippen LogP contribution is 2.38. The number of nitrogens with zero attached hydrogens (tertiary/aromatic N) is 2. The maximum absolute atomic E-state index is 9.34. The lowest BCUT2D eigenvalue weighted by Crippen LogP contribution is -2.22. The van der Waals surface area contributed by atoms with Crippen molar-refractivity contribution in [2.45, 2.75) is 39.7 Å². The zero-order valence-corrected chi connectivity index (χ0v) is 11.8. The molecule has 3 heteroatoms. The van der Waals surface area contributed by atoms with Crippen LogP contribution >= 0.6 is 0 Å². The number of aromatic nitrogens is 1. The van der Waals surface area contributed by atoms with Gasteiger partial charge >= 0.3 is 0 Å². The summed E-state index contributed by atoms with van der Waals surface area (Å²) in [5.41, 5.74) is 2.02. The average molecular weight is 248 g/mol. The van der Waals surface area contributed by atoms with Gasteiger partial charge in [0, 0.05) is 19.3 Å². The molecule has 18 heavy (non-hydrogen) atoms. The van der Waals surface area contributed by atoms with E-state index in [4.69, 9.17) is 4.98 Å². The van der Waals surface area contributed by atoms with E-state index in [1.54, 1.807) is 0 Å². The normalized spacial score (nSPS) is 22.3. The van der Waals surface area contributed by atoms with Crippen LogP contribution in [-0.2, 0) is 6.61 Å². The first-order chi connectivity index (χ1) is 8.51. The number of aliphatic hydroxyl groups is 1. The van der Waals surface area contributed by atoms with E-state index in [1.165, 1.54) is 6.42 Å². The van der Waals surface area contributed by atoms with Gasteiger partial charge in [-0.3, -0.25) is 0 Å². The molecule has 1 aliphatic rings. The fourth-order valence-electron chi connectivity index (χ4n) is 2.28. The van der Waals surface area contributed by atoms with E-state index < -0.39 is 0 Å². The fourth-order valence-corrected chi connectivity index (χ4v) is 2.28. The third kappa shape index (κ3) is 3.02. The van der Waals surface area contributed by atoms with Crippen molar-refractivity contribution in [3.8, 4) is 0 Å². The molecule has 2 atom stereocenters. The van der Waals surface area contributed by atoms with Gasteiger partial charge in [0.1, 0.15) is 5.82 Å². The van der Waals surface area contributed by atoms with E-state index in [1.807, 2.05) is 12.1 Å². The van der Waals surface area contributed by atoms with Crippen molar-refractivity contribution in [3.63, 3.8) is 0 Å². The Bertz CT molecular complexity index is 417. The Hall–Kier alpha value is -1.09. The van der Waals surface area contributed by atoms with Crippen LogP contribution in [-0.4, -0.2) is 23.7 Å². The zero-order chi connectivity index (χ0) is 13.3. The zero-order valence-electron chi connectivity index (χ0n) is 11.8. The Balaban J connectivity index is 2.17. The van der Waals surface area contributed by atoms with E-state index >= 15 is 0 Å². The quantitative estimate of drug-likeness (QED) is 0.870. The van der Waals surface area contributed by atoms with Crippen LogP contribution in [0.15, 0.2) is 12.1 Å². The third-order valence-corrected chi connectivity index (χ3v) is 3.84. The summed E-state index contributed by atoms with van der Waals surface area (Å²) in [6.07, 6.45) is 1.33. The highest BCUT2D eigenvalue weighted by atomic mass is 16.3. The Kier molecular flexibility index (Phi) is 3.91. The van der Waals surface area contributed by atoms with Gasteiger partial charge in [-0.05, 0) is 41.9 Å². The molecule has 0 aromatic carbocycles. The molecule has 2 unspecified atom stereocenters. The molecule has 0 saturated heterocycles. The summed E-state index contributed by atoms with van der Waals surface area (Å²) in [6.45, 7) is 7.73. The number of rotatable bonds is 5. The van der Waals surface area contributed by atoms with Crippen LogP contribution in [0, 0.1) is 11.8 Å². The predicted octanol–water partition coefficient (Wildman–Crippen LogP) is 2.79. The molecule has 0 bridgehead atoms. The molecule has 2 rings (SSSR count). The van der Waals surface area contributed by atoms with Crippen LogP contribution in [0.2, 0.25) is 0 Å². The molecular formula is C15H24N2O. The van der Waals surface area contributed by atoms with Crippen molar-refractivity contribution in [2.24, 2.45) is 11.8 Å². The molecule has 1 saturated carbocycles. The van der Waals surface area contributed by atoms with Crippen LogP contribution in [0.5, 0.6) is 0 Å². The van der Waals surface area contributed by atoms with Gasteiger partial charge < -0.3 is 10.0 Å². The third-order valence-electron chi connectivity index (χ3n) is 3.84. The number of pyridine rings is 1. The van der Waals surface area contributed by atoms with Crippen molar-refractivity contribution in [3.05, 3.63) is 23.4 Å². The molecule has 3 nitrogen and oxygen atoms in total. The highest BCUT2D eigenvalue weighted by molar-refractivity contribution is 5.42. The van der Waals surface area contributed by atoms with Gasteiger partial charge in [-0.15, -0.1) is 0 Å². The molecular weight excluding hydrogens is 224 g/mol. The number of hydrogen-bond donors (Lipinski definition) is 1. The Morgan fingerprint density at radius 3 is 2.61 bits per heavy atom. The van der Waals surface area contributed by atoms with Gasteiger partial charge in [0.05, 0.1) is 6.61 Å². The Labute approximate surface area is 110 Å². The lowest BCUT2D eigenvalue weighted by molar-refractivity contribution is 0.281. The summed E-state index contributed by atoms with van der Waals surface area (Å²) < 4.78 is 0. The van der Waals surface area contributed by atoms with Crippen molar-refractivity contribution < 1.29 is 5.11 Å². The van der Waals surface area contributed by atoms with Crippen LogP contribution in [0.3, 0.4) is 0 Å². The Morgan fingerprint density at radius 1 is 1.44 bits per heavy atom. The summed E-state index contributed by atoms with van der Waals surface area (Å²) in [7, 11) is 2.10. The van der Waals surface area contributed by atoms with E-state index in [0.29, 0.717) is 5.92 Å². The van der Waals surface area contributed by atoms with Gasteiger partial charge in [0.15, 0.2) is 0 Å². The van der Waals surface area contributed by atoms with E-state index in [-0.39, 0.29) is 6.61 Å². The molecule has 1 aromatic rings. The smallest absolute Gasteiger partial charge is 0.128 e. The maximum Gasteiger partial charge on any atom is 0.128 e. The molecule has 1 heterocycles. The topological polar surface area (TPSA) is 36.4 Å². The molecule has 0 spiro atoms. The predicted molar refractivity (Wildman–Crippen MR) is 74.8 cm³/mol. The first-order valence-corrected chi connectivity index (χ1v) is 6.84. The summed E-state index contributed by atoms with van der Waals surface area (Å²) in [5.74, 6) is 3.06. The highest BCUT2D eigenvalue weighted by Gasteiger charge is 2.33. The van der Waals surface area contributed by atoms with Crippen molar-refractivity contribution in [1.82, 2.24) is 4.98 Å². The summed E-state index contributed by atoms with van der Waals surface area (Å²) in [6, 6.07) is 4.00. The van der Waals surface area contributed by atoms with Crippen molar-refractivity contribution in [1.29, 1.82) is 0 Å². The van der Waals surface area contributed by atoms with E-state index in [2.05, 4.69) is 32.7 Å². The van der Waals surface area contributed by atoms with Gasteiger partial charge in [0.2, 0.25) is 0 Å². The fraction of sp³-hybridized carbons (Fsp3) is 0.667. The second kappa shape index (κ2) is 5.27. The van der Waals surface area contributed by atoms with E-state index in [0.717, 1.165) is 35.5 Å². The lowest BCUT2D eigenvalue weighted by Gasteiger charge is -2.20. The number of aliphatic hydroxyl groups excluding tert-OH is 1. The summed E-state index contributed by atoms with van der Waals surface area (Å²) in [5, 5.41) is 9.34. The maximum atomic E-state index is 9.34.